The zero-order valence-corrected chi connectivity index (χ0v) is 15.4. The van der Waals surface area contributed by atoms with Crippen molar-refractivity contribution in [3.05, 3.63) is 57.2 Å². The van der Waals surface area contributed by atoms with Crippen molar-refractivity contribution in [1.82, 2.24) is 0 Å². The van der Waals surface area contributed by atoms with Gasteiger partial charge in [0.2, 0.25) is 10.0 Å². The van der Waals surface area contributed by atoms with Crippen LogP contribution in [-0.4, -0.2) is 27.1 Å². The molecule has 1 N–H and O–H groups in total. The molecule has 0 saturated heterocycles. The lowest BCUT2D eigenvalue weighted by atomic mass is 10.1. The number of halogens is 1. The van der Waals surface area contributed by atoms with E-state index in [-0.39, 0.29) is 5.91 Å². The predicted octanol–water partition coefficient (Wildman–Crippen LogP) is 2.87. The number of rotatable bonds is 3. The predicted molar refractivity (Wildman–Crippen MR) is 99.4 cm³/mol. The van der Waals surface area contributed by atoms with Gasteiger partial charge in [-0.05, 0) is 64.9 Å². The van der Waals surface area contributed by atoms with Crippen molar-refractivity contribution in [1.29, 1.82) is 0 Å². The lowest BCUT2D eigenvalue weighted by Crippen LogP contribution is -2.27. The molecule has 5 nitrogen and oxygen atoms in total. The Morgan fingerprint density at radius 3 is 2.65 bits per heavy atom. The van der Waals surface area contributed by atoms with Crippen LogP contribution in [0.5, 0.6) is 0 Å². The van der Waals surface area contributed by atoms with E-state index in [0.29, 0.717) is 24.2 Å². The maximum absolute atomic E-state index is 12.4. The standard InChI is InChI=1S/C16H15IN2O3S/c1-23(21,22)19-9-8-11-10-12(6-7-15(11)19)16(20)18-14-5-3-2-4-13(14)17/h2-7,10H,8-9H2,1H3,(H,18,20). The van der Waals surface area contributed by atoms with Crippen molar-refractivity contribution in [2.24, 2.45) is 0 Å². The summed E-state index contributed by atoms with van der Waals surface area (Å²) in [6.45, 7) is 0.426. The molecule has 2 aromatic carbocycles. The second-order valence-corrected chi connectivity index (χ2v) is 8.43. The molecule has 0 unspecified atom stereocenters. The van der Waals surface area contributed by atoms with E-state index >= 15 is 0 Å². The van der Waals surface area contributed by atoms with E-state index < -0.39 is 10.0 Å². The van der Waals surface area contributed by atoms with Gasteiger partial charge in [-0.25, -0.2) is 8.42 Å². The molecule has 1 heterocycles. The van der Waals surface area contributed by atoms with Gasteiger partial charge in [0.25, 0.3) is 5.91 Å². The molecule has 0 radical (unpaired) electrons. The van der Waals surface area contributed by atoms with Gasteiger partial charge in [-0.1, -0.05) is 12.1 Å². The number of carbonyl (C=O) groups is 1. The molecule has 1 amide bonds. The number of sulfonamides is 1. The first kappa shape index (κ1) is 16.3. The molecule has 0 spiro atoms. The van der Waals surface area contributed by atoms with E-state index in [1.807, 2.05) is 24.3 Å². The summed E-state index contributed by atoms with van der Waals surface area (Å²) in [7, 11) is -3.27. The van der Waals surface area contributed by atoms with Crippen molar-refractivity contribution in [3.63, 3.8) is 0 Å². The number of para-hydroxylation sites is 1. The summed E-state index contributed by atoms with van der Waals surface area (Å²) in [5.74, 6) is -0.199. The maximum Gasteiger partial charge on any atom is 0.255 e. The molecule has 0 saturated carbocycles. The normalized spacial score (nSPS) is 13.7. The highest BCUT2D eigenvalue weighted by atomic mass is 127. The lowest BCUT2D eigenvalue weighted by Gasteiger charge is -2.16. The quantitative estimate of drug-likeness (QED) is 0.744. The Kier molecular flexibility index (Phi) is 4.33. The van der Waals surface area contributed by atoms with Crippen LogP contribution in [-0.2, 0) is 16.4 Å². The smallest absolute Gasteiger partial charge is 0.255 e. The first-order valence-corrected chi connectivity index (χ1v) is 9.95. The summed E-state index contributed by atoms with van der Waals surface area (Å²) in [4.78, 5) is 12.4. The first-order valence-electron chi connectivity index (χ1n) is 7.03. The van der Waals surface area contributed by atoms with Crippen molar-refractivity contribution < 1.29 is 13.2 Å². The lowest BCUT2D eigenvalue weighted by molar-refractivity contribution is 0.102. The molecular formula is C16H15IN2O3S. The number of nitrogens with one attached hydrogen (secondary N) is 1. The van der Waals surface area contributed by atoms with Crippen LogP contribution in [0.25, 0.3) is 0 Å². The highest BCUT2D eigenvalue weighted by Crippen LogP contribution is 2.31. The van der Waals surface area contributed by atoms with Crippen molar-refractivity contribution >= 4 is 49.9 Å². The van der Waals surface area contributed by atoms with Crippen LogP contribution in [0.1, 0.15) is 15.9 Å². The number of amides is 1. The Hall–Kier alpha value is -1.61. The fourth-order valence-corrected chi connectivity index (χ4v) is 4.09. The molecule has 0 atom stereocenters. The average Bonchev–Trinajstić information content (AvgIpc) is 2.92. The third kappa shape index (κ3) is 3.35. The molecule has 1 aliphatic heterocycles. The fraction of sp³-hybridized carbons (Fsp3) is 0.188. The molecule has 23 heavy (non-hydrogen) atoms. The minimum absolute atomic E-state index is 0.199. The van der Waals surface area contributed by atoms with E-state index in [0.717, 1.165) is 14.8 Å². The zero-order valence-electron chi connectivity index (χ0n) is 12.4. The topological polar surface area (TPSA) is 66.5 Å². The van der Waals surface area contributed by atoms with Gasteiger partial charge in [0.15, 0.2) is 0 Å². The summed E-state index contributed by atoms with van der Waals surface area (Å²) in [5, 5.41) is 2.88. The largest absolute Gasteiger partial charge is 0.321 e. The van der Waals surface area contributed by atoms with Crippen LogP contribution in [0.2, 0.25) is 0 Å². The van der Waals surface area contributed by atoms with E-state index in [1.165, 1.54) is 10.6 Å². The number of anilines is 2. The maximum atomic E-state index is 12.4. The van der Waals surface area contributed by atoms with E-state index in [1.54, 1.807) is 18.2 Å². The van der Waals surface area contributed by atoms with Crippen LogP contribution in [0, 0.1) is 3.57 Å². The van der Waals surface area contributed by atoms with Gasteiger partial charge >= 0.3 is 0 Å². The Labute approximate surface area is 148 Å². The summed E-state index contributed by atoms with van der Waals surface area (Å²) < 4.78 is 25.8. The monoisotopic (exact) mass is 442 g/mol. The molecule has 0 bridgehead atoms. The van der Waals surface area contributed by atoms with E-state index in [4.69, 9.17) is 0 Å². The molecule has 7 heteroatoms. The second-order valence-electron chi connectivity index (χ2n) is 5.36. The van der Waals surface area contributed by atoms with Crippen LogP contribution in [0.4, 0.5) is 11.4 Å². The van der Waals surface area contributed by atoms with E-state index in [2.05, 4.69) is 27.9 Å². The summed E-state index contributed by atoms with van der Waals surface area (Å²) in [5.41, 5.74) is 2.83. The number of hydrogen-bond donors (Lipinski definition) is 1. The van der Waals surface area contributed by atoms with Crippen molar-refractivity contribution in [2.75, 3.05) is 22.4 Å². The van der Waals surface area contributed by atoms with Gasteiger partial charge in [-0.15, -0.1) is 0 Å². The fourth-order valence-electron chi connectivity index (χ4n) is 2.61. The van der Waals surface area contributed by atoms with Gasteiger partial charge < -0.3 is 5.32 Å². The van der Waals surface area contributed by atoms with Crippen LogP contribution in [0.3, 0.4) is 0 Å². The summed E-state index contributed by atoms with van der Waals surface area (Å²) in [6.07, 6.45) is 1.81. The zero-order chi connectivity index (χ0) is 16.6. The number of hydrogen-bond acceptors (Lipinski definition) is 3. The number of carbonyl (C=O) groups excluding carboxylic acids is 1. The average molecular weight is 442 g/mol. The van der Waals surface area contributed by atoms with Crippen molar-refractivity contribution in [3.8, 4) is 0 Å². The Bertz CT molecular complexity index is 881. The van der Waals surface area contributed by atoms with Gasteiger partial charge in [0, 0.05) is 15.7 Å². The van der Waals surface area contributed by atoms with Crippen LogP contribution >= 0.6 is 22.6 Å². The molecule has 3 rings (SSSR count). The molecular weight excluding hydrogens is 427 g/mol. The van der Waals surface area contributed by atoms with Gasteiger partial charge in [-0.2, -0.15) is 0 Å². The number of benzene rings is 2. The third-order valence-corrected chi connectivity index (χ3v) is 5.84. The second kappa shape index (κ2) is 6.12. The highest BCUT2D eigenvalue weighted by Gasteiger charge is 2.26. The van der Waals surface area contributed by atoms with Gasteiger partial charge in [-0.3, -0.25) is 9.10 Å². The minimum Gasteiger partial charge on any atom is -0.321 e. The third-order valence-electron chi connectivity index (χ3n) is 3.72. The van der Waals surface area contributed by atoms with Gasteiger partial charge in [0.05, 0.1) is 17.6 Å². The first-order chi connectivity index (χ1) is 10.9. The summed E-state index contributed by atoms with van der Waals surface area (Å²) in [6, 6.07) is 12.7. The minimum atomic E-state index is -3.27. The molecule has 0 aliphatic carbocycles. The Morgan fingerprint density at radius 2 is 1.96 bits per heavy atom. The molecule has 0 aromatic heterocycles. The van der Waals surface area contributed by atoms with Crippen LogP contribution < -0.4 is 9.62 Å². The Morgan fingerprint density at radius 1 is 1.22 bits per heavy atom. The SMILES string of the molecule is CS(=O)(=O)N1CCc2cc(C(=O)Nc3ccccc3I)ccc21. The number of fused-ring (bicyclic) bond motifs is 1. The highest BCUT2D eigenvalue weighted by molar-refractivity contribution is 14.1. The van der Waals surface area contributed by atoms with Gasteiger partial charge in [0.1, 0.15) is 0 Å². The summed E-state index contributed by atoms with van der Waals surface area (Å²) >= 11 is 2.17. The van der Waals surface area contributed by atoms with Crippen LogP contribution in [0.15, 0.2) is 42.5 Å². The molecule has 120 valence electrons. The molecule has 0 fully saturated rings. The van der Waals surface area contributed by atoms with Crippen molar-refractivity contribution in [2.45, 2.75) is 6.42 Å². The molecule has 1 aliphatic rings. The number of nitrogens with zero attached hydrogens (tertiary/aromatic N) is 1. The Balaban J connectivity index is 1.86. The van der Waals surface area contributed by atoms with E-state index in [9.17, 15) is 13.2 Å². The molecule has 2 aromatic rings.